The summed E-state index contributed by atoms with van der Waals surface area (Å²) in [6.45, 7) is 7.02. The first kappa shape index (κ1) is 23.1. The minimum atomic E-state index is -4.76. The molecular formula is C22H27F3N6O2. The number of hydrogen-bond acceptors (Lipinski definition) is 7. The van der Waals surface area contributed by atoms with E-state index in [9.17, 15) is 13.2 Å². The Morgan fingerprint density at radius 3 is 2.82 bits per heavy atom. The maximum atomic E-state index is 12.8. The van der Waals surface area contributed by atoms with Crippen molar-refractivity contribution in [2.24, 2.45) is 0 Å². The maximum Gasteiger partial charge on any atom is 0.573 e. The molecule has 4 rings (SSSR count). The van der Waals surface area contributed by atoms with Crippen molar-refractivity contribution in [3.63, 3.8) is 0 Å². The molecule has 1 fully saturated rings. The predicted octanol–water partition coefficient (Wildman–Crippen LogP) is 3.76. The Kier molecular flexibility index (Phi) is 6.89. The molecule has 3 aromatic rings. The van der Waals surface area contributed by atoms with Crippen LogP contribution in [-0.4, -0.2) is 53.3 Å². The van der Waals surface area contributed by atoms with Crippen molar-refractivity contribution in [1.29, 1.82) is 0 Å². The zero-order valence-electron chi connectivity index (χ0n) is 18.4. The van der Waals surface area contributed by atoms with Gasteiger partial charge in [0.05, 0.1) is 30.3 Å². The van der Waals surface area contributed by atoms with Crippen LogP contribution in [-0.2, 0) is 11.3 Å². The summed E-state index contributed by atoms with van der Waals surface area (Å²) in [6.07, 6.45) is -2.98. The summed E-state index contributed by atoms with van der Waals surface area (Å²) in [5.74, 6) is 0.551. The van der Waals surface area contributed by atoms with Crippen LogP contribution in [0.2, 0.25) is 0 Å². The van der Waals surface area contributed by atoms with Crippen molar-refractivity contribution >= 4 is 17.2 Å². The molecule has 33 heavy (non-hydrogen) atoms. The molecule has 3 N–H and O–H groups in total. The van der Waals surface area contributed by atoms with E-state index in [1.807, 2.05) is 13.8 Å². The molecule has 1 aliphatic rings. The van der Waals surface area contributed by atoms with Gasteiger partial charge in [-0.1, -0.05) is 32.0 Å². The van der Waals surface area contributed by atoms with Gasteiger partial charge >= 0.3 is 6.36 Å². The predicted molar refractivity (Wildman–Crippen MR) is 119 cm³/mol. The molecule has 8 nitrogen and oxygen atoms in total. The van der Waals surface area contributed by atoms with Gasteiger partial charge in [-0.25, -0.2) is 9.50 Å². The van der Waals surface area contributed by atoms with Gasteiger partial charge in [0.2, 0.25) is 0 Å². The zero-order valence-corrected chi connectivity index (χ0v) is 18.4. The lowest BCUT2D eigenvalue weighted by atomic mass is 10.1. The van der Waals surface area contributed by atoms with Crippen LogP contribution in [0.4, 0.5) is 24.7 Å². The number of hydrogen-bond donors (Lipinski definition) is 3. The number of benzene rings is 1. The van der Waals surface area contributed by atoms with E-state index in [0.29, 0.717) is 35.9 Å². The number of para-hydroxylation sites is 1. The monoisotopic (exact) mass is 464 g/mol. The number of aromatic nitrogens is 3. The largest absolute Gasteiger partial charge is 0.573 e. The third kappa shape index (κ3) is 5.85. The second-order valence-electron chi connectivity index (χ2n) is 8.10. The Balaban J connectivity index is 1.58. The van der Waals surface area contributed by atoms with Gasteiger partial charge in [0.1, 0.15) is 11.6 Å². The first-order valence-corrected chi connectivity index (χ1v) is 10.8. The number of anilines is 2. The molecule has 0 aliphatic carbocycles. The SMILES string of the molecule is CC(C)c1cnc2c(NCc3ccccc3OC(F)(F)F)cc(NC[C@H]3CNCCO3)nn12. The molecular weight excluding hydrogens is 437 g/mol. The van der Waals surface area contributed by atoms with Crippen molar-refractivity contribution in [2.45, 2.75) is 38.8 Å². The van der Waals surface area contributed by atoms with Crippen molar-refractivity contribution < 1.29 is 22.6 Å². The number of morpholine rings is 1. The third-order valence-corrected chi connectivity index (χ3v) is 5.27. The standard InChI is InChI=1S/C22H27F3N6O2/c1-14(2)18-13-29-21-17(27-10-15-5-3-4-6-19(15)33-22(23,24)25)9-20(30-31(18)21)28-12-16-11-26-7-8-32-16/h3-6,9,13-14,16,26-27H,7-8,10-12H2,1-2H3,(H,28,30)/t16-/m1/s1. The molecule has 1 saturated heterocycles. The highest BCUT2D eigenvalue weighted by Gasteiger charge is 2.32. The van der Waals surface area contributed by atoms with Crippen LogP contribution in [0.25, 0.3) is 5.65 Å². The van der Waals surface area contributed by atoms with Crippen LogP contribution >= 0.6 is 0 Å². The summed E-state index contributed by atoms with van der Waals surface area (Å²) < 4.78 is 50.0. The number of imidazole rings is 1. The molecule has 1 aliphatic heterocycles. The van der Waals surface area contributed by atoms with Crippen LogP contribution in [0.5, 0.6) is 5.75 Å². The Morgan fingerprint density at radius 2 is 2.09 bits per heavy atom. The van der Waals surface area contributed by atoms with Crippen LogP contribution < -0.4 is 20.7 Å². The topological polar surface area (TPSA) is 84.7 Å². The molecule has 0 spiro atoms. The molecule has 0 amide bonds. The fraction of sp³-hybridized carbons (Fsp3) is 0.455. The van der Waals surface area contributed by atoms with Gasteiger partial charge in [0.15, 0.2) is 5.65 Å². The van der Waals surface area contributed by atoms with Gasteiger partial charge in [0, 0.05) is 37.8 Å². The summed E-state index contributed by atoms with van der Waals surface area (Å²) in [7, 11) is 0. The van der Waals surface area contributed by atoms with Crippen molar-refractivity contribution in [1.82, 2.24) is 19.9 Å². The Morgan fingerprint density at radius 1 is 1.27 bits per heavy atom. The van der Waals surface area contributed by atoms with E-state index in [1.54, 1.807) is 28.9 Å². The maximum absolute atomic E-state index is 12.8. The fourth-order valence-corrected chi connectivity index (χ4v) is 3.63. The summed E-state index contributed by atoms with van der Waals surface area (Å²) in [5.41, 5.74) is 2.53. The molecule has 3 heterocycles. The number of halogens is 3. The Hall–Kier alpha value is -3.05. The van der Waals surface area contributed by atoms with Gasteiger partial charge in [-0.3, -0.25) is 0 Å². The van der Waals surface area contributed by atoms with Crippen molar-refractivity contribution in [3.05, 3.63) is 47.8 Å². The lowest BCUT2D eigenvalue weighted by Crippen LogP contribution is -2.42. The number of nitrogens with zero attached hydrogens (tertiary/aromatic N) is 3. The van der Waals surface area contributed by atoms with Crippen molar-refractivity contribution in [2.75, 3.05) is 36.9 Å². The number of fused-ring (bicyclic) bond motifs is 1. The summed E-state index contributed by atoms with van der Waals surface area (Å²) in [4.78, 5) is 4.49. The summed E-state index contributed by atoms with van der Waals surface area (Å²) in [5, 5.41) is 14.5. The van der Waals surface area contributed by atoms with E-state index in [2.05, 4.69) is 30.8 Å². The van der Waals surface area contributed by atoms with Crippen LogP contribution in [0.15, 0.2) is 36.5 Å². The van der Waals surface area contributed by atoms with Crippen LogP contribution in [0, 0.1) is 0 Å². The van der Waals surface area contributed by atoms with Gasteiger partial charge in [-0.15, -0.1) is 18.3 Å². The quantitative estimate of drug-likeness (QED) is 0.468. The summed E-state index contributed by atoms with van der Waals surface area (Å²) in [6, 6.07) is 7.85. The van der Waals surface area contributed by atoms with Gasteiger partial charge < -0.3 is 25.4 Å². The van der Waals surface area contributed by atoms with Gasteiger partial charge in [0.25, 0.3) is 0 Å². The number of rotatable bonds is 8. The molecule has 0 saturated carbocycles. The highest BCUT2D eigenvalue weighted by Crippen LogP contribution is 2.28. The minimum absolute atomic E-state index is 0.0198. The Bertz CT molecular complexity index is 1080. The average Bonchev–Trinajstić information content (AvgIpc) is 3.21. The van der Waals surface area contributed by atoms with Gasteiger partial charge in [-0.05, 0) is 12.0 Å². The fourth-order valence-electron chi connectivity index (χ4n) is 3.63. The highest BCUT2D eigenvalue weighted by molar-refractivity contribution is 5.71. The van der Waals surface area contributed by atoms with E-state index in [0.717, 1.165) is 18.8 Å². The van der Waals surface area contributed by atoms with Crippen LogP contribution in [0.3, 0.4) is 0 Å². The first-order chi connectivity index (χ1) is 15.8. The number of nitrogens with one attached hydrogen (secondary N) is 3. The number of alkyl halides is 3. The van der Waals surface area contributed by atoms with E-state index < -0.39 is 6.36 Å². The molecule has 2 aromatic heterocycles. The highest BCUT2D eigenvalue weighted by atomic mass is 19.4. The molecule has 1 atom stereocenters. The van der Waals surface area contributed by atoms with Crippen LogP contribution in [0.1, 0.15) is 31.0 Å². The third-order valence-electron chi connectivity index (χ3n) is 5.27. The smallest absolute Gasteiger partial charge is 0.405 e. The van der Waals surface area contributed by atoms with E-state index in [1.165, 1.54) is 12.1 Å². The second kappa shape index (κ2) is 9.84. The molecule has 178 valence electrons. The molecule has 0 radical (unpaired) electrons. The molecule has 1 aromatic carbocycles. The second-order valence-corrected chi connectivity index (χ2v) is 8.10. The van der Waals surface area contributed by atoms with E-state index in [-0.39, 0.29) is 24.3 Å². The molecule has 0 unspecified atom stereocenters. The minimum Gasteiger partial charge on any atom is -0.405 e. The molecule has 11 heteroatoms. The summed E-state index contributed by atoms with van der Waals surface area (Å²) >= 11 is 0. The van der Waals surface area contributed by atoms with Gasteiger partial charge in [-0.2, -0.15) is 0 Å². The molecule has 0 bridgehead atoms. The first-order valence-electron chi connectivity index (χ1n) is 10.8. The van der Waals surface area contributed by atoms with E-state index >= 15 is 0 Å². The number of ether oxygens (including phenoxy) is 2. The van der Waals surface area contributed by atoms with E-state index in [4.69, 9.17) is 4.74 Å². The zero-order chi connectivity index (χ0) is 23.4. The lowest BCUT2D eigenvalue weighted by Gasteiger charge is -2.24. The Labute approximate surface area is 189 Å². The normalized spacial score (nSPS) is 16.8. The lowest BCUT2D eigenvalue weighted by molar-refractivity contribution is -0.274. The average molecular weight is 464 g/mol. The van der Waals surface area contributed by atoms with Crippen molar-refractivity contribution in [3.8, 4) is 5.75 Å².